The van der Waals surface area contributed by atoms with Crippen molar-refractivity contribution in [2.24, 2.45) is 17.8 Å². The van der Waals surface area contributed by atoms with Crippen LogP contribution in [0, 0.1) is 23.6 Å². The lowest BCUT2D eigenvalue weighted by Gasteiger charge is -2.35. The average molecular weight is 441 g/mol. The first-order valence-corrected chi connectivity index (χ1v) is 12.1. The van der Waals surface area contributed by atoms with Gasteiger partial charge in [-0.3, -0.25) is 0 Å². The Kier molecular flexibility index (Phi) is 8.46. The number of benzene rings is 1. The van der Waals surface area contributed by atoms with Crippen molar-refractivity contribution in [2.45, 2.75) is 90.1 Å². The van der Waals surface area contributed by atoms with Gasteiger partial charge in [-0.05, 0) is 87.2 Å². The van der Waals surface area contributed by atoms with E-state index in [-0.39, 0.29) is 18.1 Å². The molecule has 1 nitrogen and oxygen atoms in total. The highest BCUT2D eigenvalue weighted by Crippen LogP contribution is 2.46. The second-order valence-corrected chi connectivity index (χ2v) is 9.27. The van der Waals surface area contributed by atoms with Gasteiger partial charge in [-0.15, -0.1) is 0 Å². The molecule has 0 aromatic heterocycles. The highest BCUT2D eigenvalue weighted by molar-refractivity contribution is 5.42. The molecule has 3 rings (SSSR count). The fourth-order valence-corrected chi connectivity index (χ4v) is 5.48. The molecule has 0 radical (unpaired) electrons. The Morgan fingerprint density at radius 2 is 1.68 bits per heavy atom. The van der Waals surface area contributed by atoms with Crippen LogP contribution in [-0.2, 0) is 6.18 Å². The van der Waals surface area contributed by atoms with E-state index in [2.05, 4.69) is 19.1 Å². The lowest BCUT2D eigenvalue weighted by Crippen LogP contribution is -2.23. The maximum atomic E-state index is 14.9. The van der Waals surface area contributed by atoms with Crippen molar-refractivity contribution in [1.29, 1.82) is 0 Å². The molecule has 0 bridgehead atoms. The van der Waals surface area contributed by atoms with Crippen molar-refractivity contribution in [3.8, 4) is 5.75 Å². The number of hydrogen-bond acceptors (Lipinski definition) is 1. The van der Waals surface area contributed by atoms with E-state index in [0.717, 1.165) is 25.7 Å². The summed E-state index contributed by atoms with van der Waals surface area (Å²) in [6.45, 7) is 3.90. The summed E-state index contributed by atoms with van der Waals surface area (Å²) in [6.07, 6.45) is 11.0. The Labute approximate surface area is 184 Å². The lowest BCUT2D eigenvalue weighted by atomic mass is 9.70. The van der Waals surface area contributed by atoms with Gasteiger partial charge >= 0.3 is 6.18 Å². The minimum atomic E-state index is -4.76. The van der Waals surface area contributed by atoms with Crippen molar-refractivity contribution in [2.75, 3.05) is 6.61 Å². The highest BCUT2D eigenvalue weighted by Gasteiger charge is 2.40. The third-order valence-electron chi connectivity index (χ3n) is 7.21. The zero-order chi connectivity index (χ0) is 22.4. The Morgan fingerprint density at radius 3 is 2.26 bits per heavy atom. The number of ether oxygens (including phenoxy) is 1. The number of halogens is 4. The molecule has 1 fully saturated rings. The molecular formula is C26H36F4O. The maximum Gasteiger partial charge on any atom is 0.422 e. The highest BCUT2D eigenvalue weighted by atomic mass is 19.4. The summed E-state index contributed by atoms with van der Waals surface area (Å²) in [7, 11) is 0. The van der Waals surface area contributed by atoms with Crippen LogP contribution < -0.4 is 4.74 Å². The van der Waals surface area contributed by atoms with Crippen LogP contribution in [0.3, 0.4) is 0 Å². The van der Waals surface area contributed by atoms with Gasteiger partial charge in [0.2, 0.25) is 0 Å². The maximum absolute atomic E-state index is 14.9. The smallest absolute Gasteiger partial charge is 0.422 e. The van der Waals surface area contributed by atoms with Crippen LogP contribution in [-0.4, -0.2) is 6.61 Å². The van der Waals surface area contributed by atoms with Gasteiger partial charge in [0.05, 0.1) is 6.61 Å². The molecule has 0 saturated heterocycles. The van der Waals surface area contributed by atoms with E-state index in [4.69, 9.17) is 4.74 Å². The van der Waals surface area contributed by atoms with Crippen molar-refractivity contribution < 1.29 is 22.3 Å². The molecule has 2 aliphatic carbocycles. The van der Waals surface area contributed by atoms with Crippen molar-refractivity contribution in [3.05, 3.63) is 41.2 Å². The predicted molar refractivity (Wildman–Crippen MR) is 117 cm³/mol. The molecule has 1 saturated carbocycles. The van der Waals surface area contributed by atoms with Gasteiger partial charge in [0.15, 0.2) is 0 Å². The minimum Gasteiger partial charge on any atom is -0.493 e. The normalized spacial score (nSPS) is 26.8. The topological polar surface area (TPSA) is 9.23 Å². The monoisotopic (exact) mass is 440 g/mol. The van der Waals surface area contributed by atoms with E-state index in [1.807, 2.05) is 0 Å². The molecular weight excluding hydrogens is 404 g/mol. The van der Waals surface area contributed by atoms with Gasteiger partial charge < -0.3 is 4.74 Å². The van der Waals surface area contributed by atoms with Crippen LogP contribution in [0.15, 0.2) is 24.3 Å². The van der Waals surface area contributed by atoms with Gasteiger partial charge in [0.25, 0.3) is 0 Å². The van der Waals surface area contributed by atoms with Gasteiger partial charge in [0.1, 0.15) is 17.1 Å². The zero-order valence-corrected chi connectivity index (χ0v) is 18.8. The molecule has 31 heavy (non-hydrogen) atoms. The summed E-state index contributed by atoms with van der Waals surface area (Å²) in [5.74, 6) is 0.136. The van der Waals surface area contributed by atoms with Crippen LogP contribution in [0.25, 0.3) is 0 Å². The quantitative estimate of drug-likeness (QED) is 0.223. The van der Waals surface area contributed by atoms with Gasteiger partial charge in [-0.25, -0.2) is 4.39 Å². The molecule has 1 aromatic rings. The van der Waals surface area contributed by atoms with Gasteiger partial charge in [-0.1, -0.05) is 44.4 Å². The second kappa shape index (κ2) is 10.9. The van der Waals surface area contributed by atoms with Crippen molar-refractivity contribution in [3.63, 3.8) is 0 Å². The summed E-state index contributed by atoms with van der Waals surface area (Å²) >= 11 is 0. The number of unbranched alkanes of at least 4 members (excludes halogenated alkanes) is 2. The largest absolute Gasteiger partial charge is 0.493 e. The van der Waals surface area contributed by atoms with Crippen molar-refractivity contribution in [1.82, 2.24) is 0 Å². The predicted octanol–water partition coefficient (Wildman–Crippen LogP) is 8.68. The molecule has 2 atom stereocenters. The van der Waals surface area contributed by atoms with Crippen LogP contribution in [0.1, 0.15) is 95.1 Å². The lowest BCUT2D eigenvalue weighted by molar-refractivity contribution is -0.141. The summed E-state index contributed by atoms with van der Waals surface area (Å²) in [4.78, 5) is 0. The van der Waals surface area contributed by atoms with E-state index in [9.17, 15) is 17.6 Å². The minimum absolute atomic E-state index is 0.0708. The molecule has 2 unspecified atom stereocenters. The van der Waals surface area contributed by atoms with E-state index in [0.29, 0.717) is 17.8 Å². The molecule has 2 aliphatic rings. The molecule has 5 heteroatoms. The van der Waals surface area contributed by atoms with E-state index in [1.54, 1.807) is 6.92 Å². The Bertz CT molecular complexity index is 732. The summed E-state index contributed by atoms with van der Waals surface area (Å²) in [5.41, 5.74) is -1.05. The van der Waals surface area contributed by atoms with Crippen LogP contribution in [0.2, 0.25) is 0 Å². The first-order valence-electron chi connectivity index (χ1n) is 12.1. The zero-order valence-electron chi connectivity index (χ0n) is 18.8. The summed E-state index contributed by atoms with van der Waals surface area (Å²) in [6, 6.07) is 2.79. The Morgan fingerprint density at radius 1 is 0.935 bits per heavy atom. The molecule has 1 aromatic carbocycles. The first kappa shape index (κ1) is 24.1. The van der Waals surface area contributed by atoms with Crippen molar-refractivity contribution >= 4 is 0 Å². The summed E-state index contributed by atoms with van der Waals surface area (Å²) < 4.78 is 60.5. The van der Waals surface area contributed by atoms with E-state index >= 15 is 0 Å². The third-order valence-corrected chi connectivity index (χ3v) is 7.21. The number of allylic oxidation sites excluding steroid dienone is 2. The van der Waals surface area contributed by atoms with Crippen LogP contribution in [0.5, 0.6) is 5.75 Å². The second-order valence-electron chi connectivity index (χ2n) is 9.27. The molecule has 0 aliphatic heterocycles. The fraction of sp³-hybridized carbons (Fsp3) is 0.692. The molecule has 174 valence electrons. The molecule has 0 amide bonds. The molecule has 0 spiro atoms. The molecule has 0 heterocycles. The van der Waals surface area contributed by atoms with Crippen LogP contribution in [0.4, 0.5) is 17.6 Å². The van der Waals surface area contributed by atoms with Crippen LogP contribution >= 0.6 is 0 Å². The van der Waals surface area contributed by atoms with Gasteiger partial charge in [-0.2, -0.15) is 13.2 Å². The standard InChI is InChI=1S/C26H36F4O/c1-3-5-6-7-18-8-10-19(11-9-18)20-12-14-21(15-13-20)22-16-17-23(31-4-2)24(25(22)27)26(28,29)30/h8,10,16-21H,3-7,9,11-15H2,1-2H3. The fourth-order valence-electron chi connectivity index (χ4n) is 5.48. The SMILES string of the molecule is CCCCCC1C=CC(C2CCC(c3ccc(OCC)c(C(F)(F)F)c3F)CC2)CC1. The number of alkyl halides is 3. The first-order chi connectivity index (χ1) is 14.8. The van der Waals surface area contributed by atoms with E-state index in [1.165, 1.54) is 50.7 Å². The Balaban J connectivity index is 1.62. The Hall–Kier alpha value is -1.52. The average Bonchev–Trinajstić information content (AvgIpc) is 2.74. The third kappa shape index (κ3) is 6.04. The summed E-state index contributed by atoms with van der Waals surface area (Å²) in [5, 5.41) is 0. The number of hydrogen-bond donors (Lipinski definition) is 0. The molecule has 0 N–H and O–H groups in total. The van der Waals surface area contributed by atoms with E-state index < -0.39 is 23.3 Å². The van der Waals surface area contributed by atoms with Gasteiger partial charge in [0, 0.05) is 0 Å². The number of rotatable bonds is 8.